The van der Waals surface area contributed by atoms with E-state index in [1.807, 2.05) is 0 Å². The van der Waals surface area contributed by atoms with Crippen LogP contribution in [0.2, 0.25) is 0 Å². The number of hydrogen-bond acceptors (Lipinski definition) is 2. The zero-order valence-electron chi connectivity index (χ0n) is 16.5. The molecule has 37 heavy (non-hydrogen) atoms. The molecule has 0 aromatic heterocycles. The first kappa shape index (κ1) is 34.7. The van der Waals surface area contributed by atoms with Crippen LogP contribution in [0, 0.1) is 0 Å². The highest BCUT2D eigenvalue weighted by Gasteiger charge is 2.99. The quantitative estimate of drug-likeness (QED) is 0.165. The number of carbonyl (C=O) groups is 1. The van der Waals surface area contributed by atoms with Gasteiger partial charge in [0.1, 0.15) is 0 Å². The number of ether oxygens (including phenoxy) is 1. The lowest BCUT2D eigenvalue weighted by atomic mass is 9.83. The maximum Gasteiger partial charge on any atom is 0.467 e. The summed E-state index contributed by atoms with van der Waals surface area (Å²) in [6.07, 6.45) is -24.8. The summed E-state index contributed by atoms with van der Waals surface area (Å²) in [5, 5.41) is 0. The van der Waals surface area contributed by atoms with Gasteiger partial charge >= 0.3 is 65.6 Å². The van der Waals surface area contributed by atoms with E-state index in [0.717, 1.165) is 0 Å². The molecule has 0 fully saturated rings. The molecule has 23 heteroatoms. The molecular formula is C14H5F21O2. The SMILES string of the molecule is C=C(C)C(=O)OC(F)(C(F)(F)F)C(F)(F)C(F)(F)C(F)(F)C(F)(F)C(F)(F)C(F)(C(F)(F)F)C(F)(F)F. The Bertz CT molecular complexity index is 876. The Morgan fingerprint density at radius 1 is 0.486 bits per heavy atom. The van der Waals surface area contributed by atoms with Crippen LogP contribution in [0.5, 0.6) is 0 Å². The van der Waals surface area contributed by atoms with Crippen LogP contribution in [-0.2, 0) is 9.53 Å². The summed E-state index contributed by atoms with van der Waals surface area (Å²) in [7, 11) is 0. The molecule has 0 radical (unpaired) electrons. The Kier molecular flexibility index (Phi) is 8.10. The van der Waals surface area contributed by atoms with Gasteiger partial charge in [0, 0.05) is 5.57 Å². The Morgan fingerprint density at radius 2 is 0.757 bits per heavy atom. The van der Waals surface area contributed by atoms with Gasteiger partial charge in [-0.1, -0.05) is 6.58 Å². The lowest BCUT2D eigenvalue weighted by Gasteiger charge is -2.45. The molecule has 0 spiro atoms. The Balaban J connectivity index is 7.45. The fourth-order valence-corrected chi connectivity index (χ4v) is 2.04. The van der Waals surface area contributed by atoms with Crippen molar-refractivity contribution in [2.45, 2.75) is 66.6 Å². The second-order valence-corrected chi connectivity index (χ2v) is 6.79. The summed E-state index contributed by atoms with van der Waals surface area (Å²) >= 11 is 0. The summed E-state index contributed by atoms with van der Waals surface area (Å²) in [5.74, 6) is -56.9. The van der Waals surface area contributed by atoms with Crippen molar-refractivity contribution in [1.29, 1.82) is 0 Å². The molecule has 0 aromatic carbocycles. The Morgan fingerprint density at radius 3 is 1.00 bits per heavy atom. The van der Waals surface area contributed by atoms with Crippen molar-refractivity contribution in [1.82, 2.24) is 0 Å². The molecule has 0 amide bonds. The minimum atomic E-state index is -9.35. The van der Waals surface area contributed by atoms with Crippen molar-refractivity contribution in [3.8, 4) is 0 Å². The van der Waals surface area contributed by atoms with Gasteiger partial charge in [0.2, 0.25) is 0 Å². The van der Waals surface area contributed by atoms with Crippen molar-refractivity contribution in [2.75, 3.05) is 0 Å². The second kappa shape index (κ2) is 8.63. The smallest absolute Gasteiger partial charge is 0.411 e. The van der Waals surface area contributed by atoms with Crippen LogP contribution in [0.1, 0.15) is 6.92 Å². The van der Waals surface area contributed by atoms with Crippen LogP contribution in [0.15, 0.2) is 12.2 Å². The summed E-state index contributed by atoms with van der Waals surface area (Å²) < 4.78 is 278. The second-order valence-electron chi connectivity index (χ2n) is 6.79. The summed E-state index contributed by atoms with van der Waals surface area (Å²) in [6.45, 7) is 2.44. The highest BCUT2D eigenvalue weighted by atomic mass is 19.4. The van der Waals surface area contributed by atoms with Crippen LogP contribution in [0.4, 0.5) is 92.2 Å². The van der Waals surface area contributed by atoms with Crippen LogP contribution in [0.25, 0.3) is 0 Å². The normalized spacial score (nSPS) is 17.4. The molecule has 0 aromatic rings. The van der Waals surface area contributed by atoms with E-state index in [1.165, 1.54) is 0 Å². The molecular weight excluding hydrogens is 599 g/mol. The zero-order valence-corrected chi connectivity index (χ0v) is 16.5. The van der Waals surface area contributed by atoms with E-state index < -0.39 is 71.2 Å². The van der Waals surface area contributed by atoms with Gasteiger partial charge in [-0.25, -0.2) is 9.18 Å². The van der Waals surface area contributed by atoms with Crippen molar-refractivity contribution in [3.63, 3.8) is 0 Å². The van der Waals surface area contributed by atoms with E-state index in [1.54, 1.807) is 0 Å². The third-order valence-electron chi connectivity index (χ3n) is 4.14. The number of hydrogen-bond donors (Lipinski definition) is 0. The van der Waals surface area contributed by atoms with Crippen LogP contribution < -0.4 is 0 Å². The number of halogens is 21. The first-order chi connectivity index (χ1) is 15.6. The molecule has 0 aliphatic carbocycles. The van der Waals surface area contributed by atoms with E-state index in [4.69, 9.17) is 0 Å². The van der Waals surface area contributed by atoms with Gasteiger partial charge in [-0.3, -0.25) is 0 Å². The maximum absolute atomic E-state index is 14.0. The molecule has 0 saturated heterocycles. The first-order valence-corrected chi connectivity index (χ1v) is 7.93. The van der Waals surface area contributed by atoms with E-state index >= 15 is 0 Å². The molecule has 1 atom stereocenters. The molecule has 220 valence electrons. The van der Waals surface area contributed by atoms with Crippen LogP contribution >= 0.6 is 0 Å². The van der Waals surface area contributed by atoms with Crippen molar-refractivity contribution in [2.24, 2.45) is 0 Å². The predicted molar refractivity (Wildman–Crippen MR) is 71.5 cm³/mol. The molecule has 0 bridgehead atoms. The molecule has 0 N–H and O–H groups in total. The summed E-state index contributed by atoms with van der Waals surface area (Å²) in [6, 6.07) is 0. The lowest BCUT2D eigenvalue weighted by molar-refractivity contribution is -0.486. The van der Waals surface area contributed by atoms with Gasteiger partial charge in [0.05, 0.1) is 0 Å². The third-order valence-corrected chi connectivity index (χ3v) is 4.14. The van der Waals surface area contributed by atoms with E-state index in [2.05, 4.69) is 11.3 Å². The fourth-order valence-electron chi connectivity index (χ4n) is 2.04. The maximum atomic E-state index is 14.0. The van der Waals surface area contributed by atoms with Crippen molar-refractivity contribution >= 4 is 5.97 Å². The van der Waals surface area contributed by atoms with Gasteiger partial charge in [0.25, 0.3) is 0 Å². The van der Waals surface area contributed by atoms with Crippen LogP contribution in [-0.4, -0.2) is 65.6 Å². The first-order valence-electron chi connectivity index (χ1n) is 7.93. The monoisotopic (exact) mass is 604 g/mol. The fraction of sp³-hybridized carbons (Fsp3) is 0.786. The van der Waals surface area contributed by atoms with E-state index in [-0.39, 0.29) is 6.92 Å². The summed E-state index contributed by atoms with van der Waals surface area (Å²) in [4.78, 5) is 10.9. The largest absolute Gasteiger partial charge is 0.467 e. The molecule has 0 aliphatic rings. The van der Waals surface area contributed by atoms with Crippen molar-refractivity contribution < 1.29 is 102 Å². The van der Waals surface area contributed by atoms with Crippen molar-refractivity contribution in [3.05, 3.63) is 12.2 Å². The number of esters is 1. The van der Waals surface area contributed by atoms with Gasteiger partial charge in [-0.15, -0.1) is 0 Å². The predicted octanol–water partition coefficient (Wildman–Crippen LogP) is 7.34. The standard InChI is InChI=1S/C14H5F21O2/c1-3(2)4(36)37-11(26,14(33,34)35)10(24,25)9(22,23)8(20,21)7(18,19)6(16,17)5(15,12(27,28)29)13(30,31)32/h1H2,2H3. The molecule has 0 rings (SSSR count). The average Bonchev–Trinajstić information content (AvgIpc) is 2.63. The highest BCUT2D eigenvalue weighted by molar-refractivity contribution is 5.87. The molecule has 0 saturated carbocycles. The Hall–Kier alpha value is -2.26. The zero-order chi connectivity index (χ0) is 30.9. The van der Waals surface area contributed by atoms with E-state index in [9.17, 15) is 97.0 Å². The summed E-state index contributed by atoms with van der Waals surface area (Å²) in [5.41, 5.74) is -10.6. The van der Waals surface area contributed by atoms with Gasteiger partial charge in [-0.05, 0) is 6.92 Å². The number of rotatable bonds is 8. The molecule has 0 heterocycles. The molecule has 1 unspecified atom stereocenters. The minimum absolute atomic E-state index is 0.147. The van der Waals surface area contributed by atoms with Crippen LogP contribution in [0.3, 0.4) is 0 Å². The highest BCUT2D eigenvalue weighted by Crippen LogP contribution is 2.67. The average molecular weight is 604 g/mol. The van der Waals surface area contributed by atoms with Gasteiger partial charge in [0.15, 0.2) is 0 Å². The van der Waals surface area contributed by atoms with E-state index in [0.29, 0.717) is 0 Å². The third kappa shape index (κ3) is 4.42. The molecule has 0 aliphatic heterocycles. The lowest BCUT2D eigenvalue weighted by Crippen LogP contribution is -2.79. The topological polar surface area (TPSA) is 26.3 Å². The minimum Gasteiger partial charge on any atom is -0.411 e. The van der Waals surface area contributed by atoms with Gasteiger partial charge < -0.3 is 4.74 Å². The van der Waals surface area contributed by atoms with Gasteiger partial charge in [-0.2, -0.15) is 87.8 Å². The Labute approximate surface area is 188 Å². The number of carbonyl (C=O) groups excluding carboxylic acids is 1. The molecule has 2 nitrogen and oxygen atoms in total. The number of alkyl halides is 21.